The number of carbonyl (C=O) groups excluding carboxylic acids is 1. The van der Waals surface area contributed by atoms with Gasteiger partial charge in [-0.2, -0.15) is 5.26 Å². The van der Waals surface area contributed by atoms with Crippen molar-refractivity contribution in [3.8, 4) is 17.4 Å². The molecule has 0 spiro atoms. The fourth-order valence-corrected chi connectivity index (χ4v) is 2.21. The lowest BCUT2D eigenvalue weighted by atomic mass is 10.0. The van der Waals surface area contributed by atoms with Crippen molar-refractivity contribution in [2.45, 2.75) is 20.8 Å². The summed E-state index contributed by atoms with van der Waals surface area (Å²) in [4.78, 5) is 22.5. The predicted molar refractivity (Wildman–Crippen MR) is 90.5 cm³/mol. The van der Waals surface area contributed by atoms with Crippen molar-refractivity contribution in [2.75, 3.05) is 6.61 Å². The molecule has 0 N–H and O–H groups in total. The quantitative estimate of drug-likeness (QED) is 0.268. The van der Waals surface area contributed by atoms with Gasteiger partial charge in [-0.3, -0.25) is 10.1 Å². The van der Waals surface area contributed by atoms with Gasteiger partial charge in [-0.1, -0.05) is 0 Å². The van der Waals surface area contributed by atoms with Gasteiger partial charge in [0.15, 0.2) is 0 Å². The zero-order valence-corrected chi connectivity index (χ0v) is 14.0. The molecule has 1 aromatic carbocycles. The van der Waals surface area contributed by atoms with Crippen molar-refractivity contribution >= 4 is 17.7 Å². The molecule has 0 fully saturated rings. The molecule has 0 aliphatic heterocycles. The Morgan fingerprint density at radius 3 is 2.64 bits per heavy atom. The topological polar surface area (TPSA) is 106 Å². The number of furan rings is 1. The Morgan fingerprint density at radius 1 is 1.36 bits per heavy atom. The normalized spacial score (nSPS) is 11.0. The number of hydrogen-bond donors (Lipinski definition) is 0. The first kappa shape index (κ1) is 17.9. The summed E-state index contributed by atoms with van der Waals surface area (Å²) in [5.74, 6) is -0.241. The van der Waals surface area contributed by atoms with E-state index in [-0.39, 0.29) is 29.4 Å². The fraction of sp³-hybridized carbons (Fsp3) is 0.222. The Bertz CT molecular complexity index is 903. The SMILES string of the molecule is CCOC(=O)/C(C#N)=C/c1ccc(-c2cc(C)c(C)cc2[N+](=O)[O-])o1. The summed E-state index contributed by atoms with van der Waals surface area (Å²) in [6, 6.07) is 8.00. The standard InChI is InChI=1S/C18H16N2O5/c1-4-24-18(21)13(10-19)9-14-5-6-17(25-14)15-7-11(2)12(3)8-16(15)20(22)23/h5-9H,4H2,1-3H3/b13-9+. The van der Waals surface area contributed by atoms with Crippen LogP contribution in [0, 0.1) is 35.3 Å². The molecular weight excluding hydrogens is 324 g/mol. The van der Waals surface area contributed by atoms with Crippen LogP contribution in [-0.2, 0) is 9.53 Å². The molecule has 0 aliphatic carbocycles. The minimum Gasteiger partial charge on any atom is -0.462 e. The van der Waals surface area contributed by atoms with Crippen molar-refractivity contribution in [3.05, 3.63) is 56.8 Å². The third-order valence-electron chi connectivity index (χ3n) is 3.60. The van der Waals surface area contributed by atoms with E-state index in [1.54, 1.807) is 32.0 Å². The van der Waals surface area contributed by atoms with Crippen LogP contribution in [0.4, 0.5) is 5.69 Å². The third-order valence-corrected chi connectivity index (χ3v) is 3.60. The van der Waals surface area contributed by atoms with Gasteiger partial charge < -0.3 is 9.15 Å². The zero-order valence-electron chi connectivity index (χ0n) is 14.0. The molecule has 1 aromatic heterocycles. The average molecular weight is 340 g/mol. The Hall–Kier alpha value is -3.40. The van der Waals surface area contributed by atoms with E-state index in [1.807, 2.05) is 6.92 Å². The first-order chi connectivity index (χ1) is 11.9. The Kier molecular flexibility index (Phi) is 5.35. The van der Waals surface area contributed by atoms with Gasteiger partial charge in [-0.15, -0.1) is 0 Å². The molecule has 7 heteroatoms. The lowest BCUT2D eigenvalue weighted by molar-refractivity contribution is -0.384. The minimum absolute atomic E-state index is 0.0705. The summed E-state index contributed by atoms with van der Waals surface area (Å²) in [7, 11) is 0. The molecule has 0 aliphatic rings. The molecule has 2 aromatic rings. The highest BCUT2D eigenvalue weighted by Gasteiger charge is 2.20. The first-order valence-electron chi connectivity index (χ1n) is 7.52. The number of nitro benzene ring substituents is 1. The van der Waals surface area contributed by atoms with Gasteiger partial charge in [-0.25, -0.2) is 4.79 Å². The molecule has 0 radical (unpaired) electrons. The van der Waals surface area contributed by atoms with Gasteiger partial charge in [-0.05, 0) is 50.1 Å². The monoisotopic (exact) mass is 340 g/mol. The number of rotatable bonds is 5. The Labute approximate surface area is 144 Å². The molecule has 0 amide bonds. The highest BCUT2D eigenvalue weighted by Crippen LogP contribution is 2.34. The number of esters is 1. The van der Waals surface area contributed by atoms with E-state index in [1.165, 1.54) is 18.2 Å². The van der Waals surface area contributed by atoms with E-state index in [9.17, 15) is 14.9 Å². The summed E-state index contributed by atoms with van der Waals surface area (Å²) < 4.78 is 10.4. The van der Waals surface area contributed by atoms with E-state index in [0.717, 1.165) is 11.1 Å². The average Bonchev–Trinajstić information content (AvgIpc) is 3.03. The second-order valence-electron chi connectivity index (χ2n) is 5.30. The van der Waals surface area contributed by atoms with Crippen LogP contribution in [0.15, 0.2) is 34.3 Å². The molecule has 25 heavy (non-hydrogen) atoms. The lowest BCUT2D eigenvalue weighted by Crippen LogP contribution is -2.05. The molecule has 0 atom stereocenters. The number of ether oxygens (including phenoxy) is 1. The van der Waals surface area contributed by atoms with Crippen molar-refractivity contribution in [2.24, 2.45) is 0 Å². The molecule has 1 heterocycles. The smallest absolute Gasteiger partial charge is 0.349 e. The van der Waals surface area contributed by atoms with E-state index in [2.05, 4.69) is 0 Å². The van der Waals surface area contributed by atoms with Crippen LogP contribution in [0.3, 0.4) is 0 Å². The Morgan fingerprint density at radius 2 is 2.04 bits per heavy atom. The lowest BCUT2D eigenvalue weighted by Gasteiger charge is -2.05. The second kappa shape index (κ2) is 7.45. The van der Waals surface area contributed by atoms with Crippen LogP contribution >= 0.6 is 0 Å². The maximum absolute atomic E-state index is 11.6. The van der Waals surface area contributed by atoms with E-state index in [4.69, 9.17) is 14.4 Å². The second-order valence-corrected chi connectivity index (χ2v) is 5.30. The van der Waals surface area contributed by atoms with Crippen LogP contribution in [-0.4, -0.2) is 17.5 Å². The minimum atomic E-state index is -0.750. The van der Waals surface area contributed by atoms with Crippen molar-refractivity contribution in [1.29, 1.82) is 5.26 Å². The molecule has 2 rings (SSSR count). The van der Waals surface area contributed by atoms with Gasteiger partial charge in [0.2, 0.25) is 0 Å². The zero-order chi connectivity index (χ0) is 18.6. The highest BCUT2D eigenvalue weighted by atomic mass is 16.6. The molecule has 128 valence electrons. The molecule has 7 nitrogen and oxygen atoms in total. The highest BCUT2D eigenvalue weighted by molar-refractivity contribution is 5.97. The van der Waals surface area contributed by atoms with Gasteiger partial charge in [0.25, 0.3) is 5.69 Å². The summed E-state index contributed by atoms with van der Waals surface area (Å²) >= 11 is 0. The molecule has 0 unspecified atom stereocenters. The van der Waals surface area contributed by atoms with Crippen molar-refractivity contribution in [1.82, 2.24) is 0 Å². The van der Waals surface area contributed by atoms with Gasteiger partial charge >= 0.3 is 5.97 Å². The number of nitro groups is 1. The first-order valence-corrected chi connectivity index (χ1v) is 7.52. The number of hydrogen-bond acceptors (Lipinski definition) is 6. The molecule has 0 bridgehead atoms. The van der Waals surface area contributed by atoms with E-state index >= 15 is 0 Å². The summed E-state index contributed by atoms with van der Waals surface area (Å²) in [5, 5.41) is 20.3. The van der Waals surface area contributed by atoms with Crippen LogP contribution in [0.2, 0.25) is 0 Å². The van der Waals surface area contributed by atoms with Gasteiger partial charge in [0.1, 0.15) is 23.2 Å². The Balaban J connectivity index is 2.46. The maximum atomic E-state index is 11.6. The number of nitrogens with zero attached hydrogens (tertiary/aromatic N) is 2. The largest absolute Gasteiger partial charge is 0.462 e. The number of benzene rings is 1. The van der Waals surface area contributed by atoms with Gasteiger partial charge in [0.05, 0.1) is 17.1 Å². The summed E-state index contributed by atoms with van der Waals surface area (Å²) in [6.45, 7) is 5.43. The van der Waals surface area contributed by atoms with Gasteiger partial charge in [0, 0.05) is 12.1 Å². The molecule has 0 saturated heterocycles. The van der Waals surface area contributed by atoms with E-state index < -0.39 is 10.9 Å². The number of aryl methyl sites for hydroxylation is 2. The summed E-state index contributed by atoms with van der Waals surface area (Å²) in [5.41, 5.74) is 1.74. The van der Waals surface area contributed by atoms with Crippen LogP contribution in [0.25, 0.3) is 17.4 Å². The van der Waals surface area contributed by atoms with Crippen molar-refractivity contribution < 1.29 is 18.9 Å². The number of carbonyl (C=O) groups is 1. The third kappa shape index (κ3) is 3.93. The van der Waals surface area contributed by atoms with Crippen molar-refractivity contribution in [3.63, 3.8) is 0 Å². The van der Waals surface area contributed by atoms with Crippen LogP contribution in [0.5, 0.6) is 0 Å². The maximum Gasteiger partial charge on any atom is 0.349 e. The molecule has 0 saturated carbocycles. The van der Waals surface area contributed by atoms with Crippen LogP contribution in [0.1, 0.15) is 23.8 Å². The predicted octanol–water partition coefficient (Wildman–Crippen LogP) is 3.94. The van der Waals surface area contributed by atoms with Crippen LogP contribution < -0.4 is 0 Å². The molecular formula is C18H16N2O5. The number of nitriles is 1. The fourth-order valence-electron chi connectivity index (χ4n) is 2.21. The van der Waals surface area contributed by atoms with E-state index in [0.29, 0.717) is 5.56 Å². The summed E-state index contributed by atoms with van der Waals surface area (Å²) in [6.07, 6.45) is 1.24.